The Balaban J connectivity index is 1.74. The topological polar surface area (TPSA) is 127 Å². The van der Waals surface area contributed by atoms with Gasteiger partial charge in [0, 0.05) is 11.6 Å². The van der Waals surface area contributed by atoms with Crippen LogP contribution in [-0.2, 0) is 20.9 Å². The van der Waals surface area contributed by atoms with Gasteiger partial charge in [0.2, 0.25) is 5.71 Å². The number of nitrogens with two attached hydrogens (primary N) is 1. The molecule has 3 rings (SSSR count). The van der Waals surface area contributed by atoms with Crippen molar-refractivity contribution in [2.75, 3.05) is 19.5 Å². The summed E-state index contributed by atoms with van der Waals surface area (Å²) in [6.07, 6.45) is 2.86. The minimum atomic E-state index is -0.592. The molecule has 0 bridgehead atoms. The molecular weight excluding hydrogens is 390 g/mol. The molecule has 2 heterocycles. The van der Waals surface area contributed by atoms with E-state index in [0.717, 1.165) is 5.56 Å². The van der Waals surface area contributed by atoms with Gasteiger partial charge in [-0.2, -0.15) is 4.98 Å². The maximum atomic E-state index is 12.1. The van der Waals surface area contributed by atoms with E-state index >= 15 is 0 Å². The molecule has 0 aliphatic heterocycles. The number of esters is 2. The Morgan fingerprint density at radius 3 is 2.70 bits per heavy atom. The van der Waals surface area contributed by atoms with E-state index in [-0.39, 0.29) is 41.5 Å². The molecule has 0 aliphatic carbocycles. The number of ether oxygens (including phenoxy) is 3. The van der Waals surface area contributed by atoms with Crippen LogP contribution < -0.4 is 10.5 Å². The summed E-state index contributed by atoms with van der Waals surface area (Å²) in [5.41, 5.74) is 7.04. The van der Waals surface area contributed by atoms with Crippen LogP contribution in [0.5, 0.6) is 5.75 Å². The highest BCUT2D eigenvalue weighted by Gasteiger charge is 2.24. The van der Waals surface area contributed by atoms with Crippen molar-refractivity contribution in [1.29, 1.82) is 0 Å². The number of para-hydroxylation sites is 1. The SMILES string of the molecule is CCOC(=O)c1c(C)oc2nc(COC(=O)/C=C/c3ccccc3OC)nc(N)c12. The molecule has 2 aromatic heterocycles. The van der Waals surface area contributed by atoms with Crippen molar-refractivity contribution >= 4 is 34.9 Å². The van der Waals surface area contributed by atoms with E-state index in [1.807, 2.05) is 12.1 Å². The quantitative estimate of drug-likeness (QED) is 0.461. The van der Waals surface area contributed by atoms with Crippen LogP contribution in [0.25, 0.3) is 17.2 Å². The zero-order valence-corrected chi connectivity index (χ0v) is 16.8. The van der Waals surface area contributed by atoms with E-state index in [4.69, 9.17) is 24.4 Å². The average molecular weight is 411 g/mol. The Labute approximate surface area is 172 Å². The lowest BCUT2D eigenvalue weighted by Gasteiger charge is -2.05. The third-order valence-electron chi connectivity index (χ3n) is 4.16. The number of carbonyl (C=O) groups is 2. The van der Waals surface area contributed by atoms with Gasteiger partial charge in [-0.15, -0.1) is 0 Å². The van der Waals surface area contributed by atoms with Gasteiger partial charge in [-0.3, -0.25) is 0 Å². The van der Waals surface area contributed by atoms with Crippen molar-refractivity contribution < 1.29 is 28.2 Å². The van der Waals surface area contributed by atoms with Crippen LogP contribution in [0.4, 0.5) is 5.82 Å². The minimum absolute atomic E-state index is 0.0375. The average Bonchev–Trinajstić information content (AvgIpc) is 3.07. The predicted molar refractivity (Wildman–Crippen MR) is 109 cm³/mol. The summed E-state index contributed by atoms with van der Waals surface area (Å²) in [4.78, 5) is 32.5. The molecule has 0 aliphatic rings. The third kappa shape index (κ3) is 4.40. The summed E-state index contributed by atoms with van der Waals surface area (Å²) in [5.74, 6) is -0.0264. The number of benzene rings is 1. The van der Waals surface area contributed by atoms with E-state index in [1.165, 1.54) is 6.08 Å². The zero-order chi connectivity index (χ0) is 21.7. The molecule has 0 unspecified atom stereocenters. The number of anilines is 1. The lowest BCUT2D eigenvalue weighted by molar-refractivity contribution is -0.139. The molecule has 0 saturated heterocycles. The van der Waals surface area contributed by atoms with E-state index in [2.05, 4.69) is 9.97 Å². The first-order valence-corrected chi connectivity index (χ1v) is 9.15. The monoisotopic (exact) mass is 411 g/mol. The van der Waals surface area contributed by atoms with Crippen molar-refractivity contribution in [3.05, 3.63) is 53.1 Å². The highest BCUT2D eigenvalue weighted by atomic mass is 16.5. The van der Waals surface area contributed by atoms with Crippen LogP contribution >= 0.6 is 0 Å². The van der Waals surface area contributed by atoms with Gasteiger partial charge >= 0.3 is 11.9 Å². The zero-order valence-electron chi connectivity index (χ0n) is 16.8. The van der Waals surface area contributed by atoms with Crippen molar-refractivity contribution in [1.82, 2.24) is 9.97 Å². The van der Waals surface area contributed by atoms with E-state index in [9.17, 15) is 9.59 Å². The van der Waals surface area contributed by atoms with Crippen LogP contribution in [0.2, 0.25) is 0 Å². The Morgan fingerprint density at radius 1 is 1.20 bits per heavy atom. The lowest BCUT2D eigenvalue weighted by Crippen LogP contribution is -2.09. The summed E-state index contributed by atoms with van der Waals surface area (Å²) >= 11 is 0. The van der Waals surface area contributed by atoms with Gasteiger partial charge in [-0.1, -0.05) is 18.2 Å². The smallest absolute Gasteiger partial charge is 0.342 e. The van der Waals surface area contributed by atoms with E-state index in [1.54, 1.807) is 39.2 Å². The number of rotatable bonds is 7. The minimum Gasteiger partial charge on any atom is -0.496 e. The lowest BCUT2D eigenvalue weighted by atomic mass is 10.2. The summed E-state index contributed by atoms with van der Waals surface area (Å²) in [6.45, 7) is 3.30. The summed E-state index contributed by atoms with van der Waals surface area (Å²) in [5, 5.41) is 0.275. The molecule has 0 fully saturated rings. The second kappa shape index (κ2) is 9.08. The summed E-state index contributed by atoms with van der Waals surface area (Å²) in [6, 6.07) is 7.25. The van der Waals surface area contributed by atoms with Gasteiger partial charge in [-0.05, 0) is 26.0 Å². The summed E-state index contributed by atoms with van der Waals surface area (Å²) < 4.78 is 20.9. The number of carbonyl (C=O) groups excluding carboxylic acids is 2. The molecule has 0 radical (unpaired) electrons. The van der Waals surface area contributed by atoms with E-state index in [0.29, 0.717) is 11.5 Å². The molecule has 0 spiro atoms. The van der Waals surface area contributed by atoms with Crippen LogP contribution in [0.3, 0.4) is 0 Å². The van der Waals surface area contributed by atoms with Crippen LogP contribution in [-0.4, -0.2) is 35.6 Å². The molecule has 156 valence electrons. The van der Waals surface area contributed by atoms with E-state index < -0.39 is 11.9 Å². The standard InChI is InChI=1S/C21H21N3O6/c1-4-28-21(26)17-12(2)30-20-18(17)19(22)23-15(24-20)11-29-16(25)10-9-13-7-5-6-8-14(13)27-3/h5-10H,4,11H2,1-3H3,(H2,22,23,24)/b10-9+. The fraction of sp³-hybridized carbons (Fsp3) is 0.238. The number of aryl methyl sites for hydroxylation is 1. The number of hydrogen-bond donors (Lipinski definition) is 1. The second-order valence-corrected chi connectivity index (χ2v) is 6.14. The van der Waals surface area contributed by atoms with Gasteiger partial charge in [0.25, 0.3) is 0 Å². The van der Waals surface area contributed by atoms with Gasteiger partial charge in [0.15, 0.2) is 12.4 Å². The largest absolute Gasteiger partial charge is 0.496 e. The Morgan fingerprint density at radius 2 is 1.97 bits per heavy atom. The van der Waals surface area contributed by atoms with Crippen molar-refractivity contribution in [2.45, 2.75) is 20.5 Å². The number of methoxy groups -OCH3 is 1. The molecular formula is C21H21N3O6. The number of nitrogen functional groups attached to an aromatic ring is 1. The van der Waals surface area contributed by atoms with Gasteiger partial charge in [0.1, 0.15) is 22.9 Å². The Bertz CT molecular complexity index is 1120. The van der Waals surface area contributed by atoms with Crippen LogP contribution in [0.1, 0.15) is 34.4 Å². The highest BCUT2D eigenvalue weighted by Crippen LogP contribution is 2.29. The third-order valence-corrected chi connectivity index (χ3v) is 4.16. The molecule has 3 aromatic rings. The highest BCUT2D eigenvalue weighted by molar-refractivity contribution is 6.07. The van der Waals surface area contributed by atoms with Gasteiger partial charge in [0.05, 0.1) is 19.1 Å². The fourth-order valence-corrected chi connectivity index (χ4v) is 2.84. The first-order chi connectivity index (χ1) is 14.4. The van der Waals surface area contributed by atoms with Gasteiger partial charge < -0.3 is 24.4 Å². The predicted octanol–water partition coefficient (Wildman–Crippen LogP) is 3.06. The number of nitrogens with zero attached hydrogens (tertiary/aromatic N) is 2. The maximum absolute atomic E-state index is 12.1. The molecule has 9 heteroatoms. The van der Waals surface area contributed by atoms with Gasteiger partial charge in [-0.25, -0.2) is 14.6 Å². The number of hydrogen-bond acceptors (Lipinski definition) is 9. The Kier molecular flexibility index (Phi) is 6.31. The maximum Gasteiger partial charge on any atom is 0.342 e. The number of furan rings is 1. The van der Waals surface area contributed by atoms with Crippen LogP contribution in [0, 0.1) is 6.92 Å². The number of fused-ring (bicyclic) bond motifs is 1. The molecule has 0 atom stereocenters. The molecule has 0 amide bonds. The number of aromatic nitrogens is 2. The second-order valence-electron chi connectivity index (χ2n) is 6.14. The van der Waals surface area contributed by atoms with Crippen molar-refractivity contribution in [2.24, 2.45) is 0 Å². The summed E-state index contributed by atoms with van der Waals surface area (Å²) in [7, 11) is 1.55. The van der Waals surface area contributed by atoms with Crippen molar-refractivity contribution in [3.8, 4) is 5.75 Å². The molecule has 2 N–H and O–H groups in total. The van der Waals surface area contributed by atoms with Crippen molar-refractivity contribution in [3.63, 3.8) is 0 Å². The first kappa shape index (κ1) is 20.8. The molecule has 1 aromatic carbocycles. The van der Waals surface area contributed by atoms with Crippen LogP contribution in [0.15, 0.2) is 34.8 Å². The normalized spacial score (nSPS) is 11.0. The molecule has 30 heavy (non-hydrogen) atoms. The Hall–Kier alpha value is -3.88. The fourth-order valence-electron chi connectivity index (χ4n) is 2.84. The molecule has 9 nitrogen and oxygen atoms in total. The first-order valence-electron chi connectivity index (χ1n) is 9.15. The molecule has 0 saturated carbocycles.